The minimum atomic E-state index is -0.349. The summed E-state index contributed by atoms with van der Waals surface area (Å²) in [5.41, 5.74) is 3.11. The molecule has 2 bridgehead atoms. The molecule has 4 aromatic rings. The van der Waals surface area contributed by atoms with Crippen molar-refractivity contribution < 1.29 is 4.39 Å². The third kappa shape index (κ3) is 3.07. The number of H-pyrrole nitrogens is 2. The third-order valence-electron chi connectivity index (χ3n) is 6.76. The maximum atomic E-state index is 15.1. The average molecular weight is 418 g/mol. The molecule has 2 unspecified atom stereocenters. The van der Waals surface area contributed by atoms with E-state index in [1.165, 1.54) is 18.9 Å². The summed E-state index contributed by atoms with van der Waals surface area (Å²) in [6.45, 7) is 0. The number of rotatable bonds is 4. The van der Waals surface area contributed by atoms with Crippen molar-refractivity contribution in [1.82, 2.24) is 35.9 Å². The largest absolute Gasteiger partial charge is 0.355 e. The Morgan fingerprint density at radius 2 is 1.90 bits per heavy atom. The molecule has 0 radical (unpaired) electrons. The normalized spacial score (nSPS) is 22.8. The predicted octanol–water partition coefficient (Wildman–Crippen LogP) is 3.27. The van der Waals surface area contributed by atoms with Crippen molar-refractivity contribution in [1.29, 1.82) is 0 Å². The third-order valence-corrected chi connectivity index (χ3v) is 6.76. The lowest BCUT2D eigenvalue weighted by molar-refractivity contribution is 0.353. The van der Waals surface area contributed by atoms with Gasteiger partial charge in [-0.15, -0.1) is 10.2 Å². The topological polar surface area (TPSA) is 98.4 Å². The molecule has 0 amide bonds. The molecular weight excluding hydrogens is 395 g/mol. The Bertz CT molecular complexity index is 1200. The van der Waals surface area contributed by atoms with Crippen molar-refractivity contribution in [2.24, 2.45) is 0 Å². The van der Waals surface area contributed by atoms with Gasteiger partial charge >= 0.3 is 0 Å². The quantitative estimate of drug-likeness (QED) is 0.471. The molecule has 8 nitrogen and oxygen atoms in total. The summed E-state index contributed by atoms with van der Waals surface area (Å²) in [5.74, 6) is 0.491. The first-order valence-corrected chi connectivity index (χ1v) is 10.6. The summed E-state index contributed by atoms with van der Waals surface area (Å²) < 4.78 is 15.1. The standard InChI is InChI=1S/C22H23FN8/c1-31(15-6-13-2-3-14(7-15)27-13)20-5-4-19(28-29-20)16-8-18(23)21(12-9-24-25-10-12)17-11-26-30-22(16)17/h4-5,8-11,13-15,27H,2-3,6-7H2,1H3,(H,24,25)(H,26,30). The molecule has 2 fully saturated rings. The first kappa shape index (κ1) is 18.4. The van der Waals surface area contributed by atoms with Gasteiger partial charge in [-0.1, -0.05) is 0 Å². The van der Waals surface area contributed by atoms with Crippen LogP contribution in [-0.2, 0) is 0 Å². The van der Waals surface area contributed by atoms with Crippen molar-refractivity contribution in [2.75, 3.05) is 11.9 Å². The maximum absolute atomic E-state index is 15.1. The fourth-order valence-electron chi connectivity index (χ4n) is 5.15. The smallest absolute Gasteiger partial charge is 0.151 e. The number of halogens is 1. The Hall–Kier alpha value is -3.33. The zero-order chi connectivity index (χ0) is 20.9. The molecule has 0 spiro atoms. The Labute approximate surface area is 178 Å². The van der Waals surface area contributed by atoms with Crippen LogP contribution in [0.15, 0.2) is 36.8 Å². The molecular formula is C22H23FN8. The van der Waals surface area contributed by atoms with Gasteiger partial charge in [0.05, 0.1) is 23.6 Å². The van der Waals surface area contributed by atoms with E-state index in [-0.39, 0.29) is 5.82 Å². The fourth-order valence-corrected chi connectivity index (χ4v) is 5.15. The van der Waals surface area contributed by atoms with Crippen molar-refractivity contribution in [3.05, 3.63) is 42.6 Å². The molecule has 6 rings (SSSR count). The number of hydrogen-bond donors (Lipinski definition) is 3. The molecule has 3 aromatic heterocycles. The Kier molecular flexibility index (Phi) is 4.24. The van der Waals surface area contributed by atoms with Crippen LogP contribution >= 0.6 is 0 Å². The van der Waals surface area contributed by atoms with Gasteiger partial charge in [-0.05, 0) is 43.9 Å². The Balaban J connectivity index is 1.33. The van der Waals surface area contributed by atoms with E-state index in [0.717, 1.165) is 24.2 Å². The van der Waals surface area contributed by atoms with Crippen LogP contribution in [0.2, 0.25) is 0 Å². The van der Waals surface area contributed by atoms with E-state index in [9.17, 15) is 0 Å². The highest BCUT2D eigenvalue weighted by atomic mass is 19.1. The Morgan fingerprint density at radius 3 is 2.61 bits per heavy atom. The van der Waals surface area contributed by atoms with Crippen molar-refractivity contribution in [3.8, 4) is 22.4 Å². The van der Waals surface area contributed by atoms with E-state index >= 15 is 4.39 Å². The van der Waals surface area contributed by atoms with Crippen LogP contribution in [0.5, 0.6) is 0 Å². The molecule has 158 valence electrons. The van der Waals surface area contributed by atoms with Crippen LogP contribution in [0.4, 0.5) is 10.2 Å². The van der Waals surface area contributed by atoms with Gasteiger partial charge in [-0.2, -0.15) is 10.2 Å². The second-order valence-electron chi connectivity index (χ2n) is 8.58. The van der Waals surface area contributed by atoms with Gasteiger partial charge in [0.2, 0.25) is 0 Å². The molecule has 31 heavy (non-hydrogen) atoms. The van der Waals surface area contributed by atoms with Crippen molar-refractivity contribution in [2.45, 2.75) is 43.8 Å². The molecule has 2 aliphatic heterocycles. The lowest BCUT2D eigenvalue weighted by Gasteiger charge is -2.36. The van der Waals surface area contributed by atoms with Crippen molar-refractivity contribution in [3.63, 3.8) is 0 Å². The minimum Gasteiger partial charge on any atom is -0.355 e. The number of benzene rings is 1. The number of nitrogens with one attached hydrogen (secondary N) is 3. The highest BCUT2D eigenvalue weighted by Gasteiger charge is 2.35. The highest BCUT2D eigenvalue weighted by molar-refractivity contribution is 6.02. The van der Waals surface area contributed by atoms with Gasteiger partial charge in [0, 0.05) is 53.4 Å². The first-order valence-electron chi connectivity index (χ1n) is 10.6. The summed E-state index contributed by atoms with van der Waals surface area (Å²) in [7, 11) is 2.09. The second kappa shape index (κ2) is 7.12. The van der Waals surface area contributed by atoms with E-state index in [0.29, 0.717) is 45.9 Å². The van der Waals surface area contributed by atoms with Crippen LogP contribution in [0.3, 0.4) is 0 Å². The number of aromatic amines is 2. The van der Waals surface area contributed by atoms with Crippen LogP contribution in [-0.4, -0.2) is 55.8 Å². The van der Waals surface area contributed by atoms with Gasteiger partial charge in [0.15, 0.2) is 5.82 Å². The molecule has 5 heterocycles. The molecule has 9 heteroatoms. The van der Waals surface area contributed by atoms with Gasteiger partial charge in [0.1, 0.15) is 5.82 Å². The molecule has 0 aliphatic carbocycles. The number of anilines is 1. The van der Waals surface area contributed by atoms with Crippen LogP contribution in [0, 0.1) is 5.82 Å². The molecule has 2 saturated heterocycles. The SMILES string of the molecule is CN(c1ccc(-c2cc(F)c(-c3cn[nH]c3)c3cn[nH]c23)nn1)C1CC2CCC(C1)N2. The summed E-state index contributed by atoms with van der Waals surface area (Å²) in [4.78, 5) is 2.23. The van der Waals surface area contributed by atoms with E-state index < -0.39 is 0 Å². The molecule has 2 atom stereocenters. The first-order chi connectivity index (χ1) is 15.2. The number of aromatic nitrogens is 6. The number of piperidine rings is 1. The summed E-state index contributed by atoms with van der Waals surface area (Å²) in [6, 6.07) is 7.05. The van der Waals surface area contributed by atoms with Gasteiger partial charge in [-0.3, -0.25) is 10.2 Å². The minimum absolute atomic E-state index is 0.349. The van der Waals surface area contributed by atoms with E-state index in [4.69, 9.17) is 0 Å². The second-order valence-corrected chi connectivity index (χ2v) is 8.58. The lowest BCUT2D eigenvalue weighted by Crippen LogP contribution is -2.47. The average Bonchev–Trinajstić information content (AvgIpc) is 3.55. The number of fused-ring (bicyclic) bond motifs is 3. The zero-order valence-corrected chi connectivity index (χ0v) is 17.1. The van der Waals surface area contributed by atoms with Gasteiger partial charge < -0.3 is 10.2 Å². The highest BCUT2D eigenvalue weighted by Crippen LogP contribution is 2.36. The lowest BCUT2D eigenvalue weighted by atomic mass is 9.98. The van der Waals surface area contributed by atoms with Crippen LogP contribution < -0.4 is 10.2 Å². The Morgan fingerprint density at radius 1 is 1.06 bits per heavy atom. The predicted molar refractivity (Wildman–Crippen MR) is 116 cm³/mol. The molecule has 3 N–H and O–H groups in total. The maximum Gasteiger partial charge on any atom is 0.151 e. The molecule has 0 saturated carbocycles. The fraction of sp³-hybridized carbons (Fsp3) is 0.364. The van der Waals surface area contributed by atoms with Crippen LogP contribution in [0.25, 0.3) is 33.3 Å². The summed E-state index contributed by atoms with van der Waals surface area (Å²) in [6.07, 6.45) is 9.69. The van der Waals surface area contributed by atoms with Gasteiger partial charge in [0.25, 0.3) is 0 Å². The van der Waals surface area contributed by atoms with E-state index in [1.54, 1.807) is 18.6 Å². The summed E-state index contributed by atoms with van der Waals surface area (Å²) >= 11 is 0. The zero-order valence-electron chi connectivity index (χ0n) is 17.1. The summed E-state index contributed by atoms with van der Waals surface area (Å²) in [5, 5.41) is 27.1. The number of nitrogens with zero attached hydrogens (tertiary/aromatic N) is 5. The van der Waals surface area contributed by atoms with Gasteiger partial charge in [-0.25, -0.2) is 4.39 Å². The van der Waals surface area contributed by atoms with Crippen molar-refractivity contribution >= 4 is 16.7 Å². The van der Waals surface area contributed by atoms with Crippen LogP contribution in [0.1, 0.15) is 25.7 Å². The molecule has 1 aromatic carbocycles. The monoisotopic (exact) mass is 418 g/mol. The van der Waals surface area contributed by atoms with E-state index in [2.05, 4.69) is 47.9 Å². The number of hydrogen-bond acceptors (Lipinski definition) is 6. The van der Waals surface area contributed by atoms with E-state index in [1.807, 2.05) is 12.1 Å². The molecule has 2 aliphatic rings.